The number of hydrogen-bond acceptors (Lipinski definition) is 3. The lowest BCUT2D eigenvalue weighted by Crippen LogP contribution is -2.27. The zero-order chi connectivity index (χ0) is 18.0. The monoisotopic (exact) mass is 334 g/mol. The summed E-state index contributed by atoms with van der Waals surface area (Å²) in [4.78, 5) is 23.1. The predicted octanol–water partition coefficient (Wildman–Crippen LogP) is 4.55. The fraction of sp³-hybridized carbons (Fsp3) is 0.150. The summed E-state index contributed by atoms with van der Waals surface area (Å²) in [6.45, 7) is 3.49. The van der Waals surface area contributed by atoms with Crippen molar-refractivity contribution in [2.45, 2.75) is 19.9 Å². The van der Waals surface area contributed by atoms with Gasteiger partial charge in [-0.25, -0.2) is 0 Å². The van der Waals surface area contributed by atoms with Crippen LogP contribution < -0.4 is 5.32 Å². The molecule has 0 aliphatic carbocycles. The SMILES string of the molecule is Cc1c(C(=O)NC(C)c2ccc3ccccc3c2)cccc1[N+](=O)[O-]. The molecule has 0 aromatic heterocycles. The summed E-state index contributed by atoms with van der Waals surface area (Å²) in [5.41, 5.74) is 1.62. The van der Waals surface area contributed by atoms with E-state index in [2.05, 4.69) is 5.32 Å². The van der Waals surface area contributed by atoms with Gasteiger partial charge in [-0.05, 0) is 42.3 Å². The highest BCUT2D eigenvalue weighted by Gasteiger charge is 2.19. The van der Waals surface area contributed by atoms with Crippen molar-refractivity contribution in [3.8, 4) is 0 Å². The normalized spacial score (nSPS) is 11.9. The van der Waals surface area contributed by atoms with Crippen LogP contribution in [0.25, 0.3) is 10.8 Å². The maximum atomic E-state index is 12.6. The van der Waals surface area contributed by atoms with Gasteiger partial charge in [-0.3, -0.25) is 14.9 Å². The molecule has 0 saturated heterocycles. The maximum Gasteiger partial charge on any atom is 0.273 e. The van der Waals surface area contributed by atoms with Crippen molar-refractivity contribution in [2.75, 3.05) is 0 Å². The van der Waals surface area contributed by atoms with Gasteiger partial charge in [0.2, 0.25) is 0 Å². The molecule has 1 unspecified atom stereocenters. The van der Waals surface area contributed by atoms with Crippen molar-refractivity contribution in [2.24, 2.45) is 0 Å². The van der Waals surface area contributed by atoms with E-state index in [0.29, 0.717) is 11.1 Å². The molecule has 5 heteroatoms. The first-order chi connectivity index (χ1) is 12.0. The summed E-state index contributed by atoms with van der Waals surface area (Å²) >= 11 is 0. The summed E-state index contributed by atoms with van der Waals surface area (Å²) < 4.78 is 0. The fourth-order valence-electron chi connectivity index (χ4n) is 2.90. The first-order valence-corrected chi connectivity index (χ1v) is 8.01. The molecule has 0 aliphatic heterocycles. The van der Waals surface area contributed by atoms with Gasteiger partial charge in [-0.1, -0.05) is 42.5 Å². The topological polar surface area (TPSA) is 72.2 Å². The third-order valence-electron chi connectivity index (χ3n) is 4.37. The molecule has 0 fully saturated rings. The third kappa shape index (κ3) is 3.35. The van der Waals surface area contributed by atoms with Crippen molar-refractivity contribution in [1.82, 2.24) is 5.32 Å². The number of nitrogens with zero attached hydrogens (tertiary/aromatic N) is 1. The molecule has 0 radical (unpaired) electrons. The second-order valence-corrected chi connectivity index (χ2v) is 6.01. The van der Waals surface area contributed by atoms with E-state index < -0.39 is 4.92 Å². The van der Waals surface area contributed by atoms with E-state index in [1.54, 1.807) is 13.0 Å². The van der Waals surface area contributed by atoms with E-state index in [1.807, 2.05) is 49.4 Å². The van der Waals surface area contributed by atoms with Crippen LogP contribution in [0.3, 0.4) is 0 Å². The molecule has 1 atom stereocenters. The van der Waals surface area contributed by atoms with Crippen LogP contribution in [0.1, 0.15) is 34.5 Å². The van der Waals surface area contributed by atoms with Gasteiger partial charge < -0.3 is 5.32 Å². The van der Waals surface area contributed by atoms with E-state index in [-0.39, 0.29) is 17.6 Å². The second kappa shape index (κ2) is 6.73. The highest BCUT2D eigenvalue weighted by molar-refractivity contribution is 5.97. The Hall–Kier alpha value is -3.21. The molecule has 0 bridgehead atoms. The quantitative estimate of drug-likeness (QED) is 0.562. The van der Waals surface area contributed by atoms with Gasteiger partial charge in [0.25, 0.3) is 11.6 Å². The Morgan fingerprint density at radius 1 is 1.04 bits per heavy atom. The highest BCUT2D eigenvalue weighted by Crippen LogP contribution is 2.23. The molecule has 3 aromatic rings. The van der Waals surface area contributed by atoms with E-state index in [9.17, 15) is 14.9 Å². The van der Waals surface area contributed by atoms with Gasteiger partial charge in [0, 0.05) is 17.2 Å². The van der Waals surface area contributed by atoms with Crippen LogP contribution in [0.15, 0.2) is 60.7 Å². The summed E-state index contributed by atoms with van der Waals surface area (Å²) in [6, 6.07) is 18.4. The van der Waals surface area contributed by atoms with Gasteiger partial charge in [0.05, 0.1) is 11.0 Å². The Kier molecular flexibility index (Phi) is 4.48. The minimum absolute atomic E-state index is 0.0500. The first kappa shape index (κ1) is 16.6. The standard InChI is InChI=1S/C20H18N2O3/c1-13-18(8-5-9-19(13)22(24)25)20(23)21-14(2)16-11-10-15-6-3-4-7-17(15)12-16/h3-12,14H,1-2H3,(H,21,23). The zero-order valence-corrected chi connectivity index (χ0v) is 14.0. The first-order valence-electron chi connectivity index (χ1n) is 8.01. The Labute approximate surface area is 145 Å². The fourth-order valence-corrected chi connectivity index (χ4v) is 2.90. The van der Waals surface area contributed by atoms with Gasteiger partial charge in [-0.15, -0.1) is 0 Å². The molecule has 0 aliphatic rings. The lowest BCUT2D eigenvalue weighted by Gasteiger charge is -2.16. The second-order valence-electron chi connectivity index (χ2n) is 6.01. The Balaban J connectivity index is 1.84. The average Bonchev–Trinajstić information content (AvgIpc) is 2.61. The Morgan fingerprint density at radius 2 is 1.76 bits per heavy atom. The maximum absolute atomic E-state index is 12.6. The van der Waals surface area contributed by atoms with Crippen LogP contribution in [0.5, 0.6) is 0 Å². The molecule has 0 heterocycles. The molecule has 5 nitrogen and oxygen atoms in total. The van der Waals surface area contributed by atoms with Crippen LogP contribution in [-0.2, 0) is 0 Å². The number of nitro benzene ring substituents is 1. The third-order valence-corrected chi connectivity index (χ3v) is 4.37. The number of fused-ring (bicyclic) bond motifs is 1. The van der Waals surface area contributed by atoms with E-state index in [1.165, 1.54) is 12.1 Å². The van der Waals surface area contributed by atoms with Crippen molar-refractivity contribution in [3.63, 3.8) is 0 Å². The Morgan fingerprint density at radius 3 is 2.48 bits per heavy atom. The number of amides is 1. The van der Waals surface area contributed by atoms with E-state index >= 15 is 0 Å². The number of rotatable bonds is 4. The van der Waals surface area contributed by atoms with Gasteiger partial charge in [0.15, 0.2) is 0 Å². The lowest BCUT2D eigenvalue weighted by molar-refractivity contribution is -0.385. The molecule has 0 saturated carbocycles. The van der Waals surface area contributed by atoms with Crippen LogP contribution >= 0.6 is 0 Å². The highest BCUT2D eigenvalue weighted by atomic mass is 16.6. The molecular formula is C20H18N2O3. The number of carbonyl (C=O) groups is 1. The molecule has 25 heavy (non-hydrogen) atoms. The van der Waals surface area contributed by atoms with E-state index in [4.69, 9.17) is 0 Å². The summed E-state index contributed by atoms with van der Waals surface area (Å²) in [7, 11) is 0. The van der Waals surface area contributed by atoms with Crippen molar-refractivity contribution >= 4 is 22.4 Å². The molecule has 3 aromatic carbocycles. The number of carbonyl (C=O) groups excluding carboxylic acids is 1. The van der Waals surface area contributed by atoms with Gasteiger partial charge in [0.1, 0.15) is 0 Å². The van der Waals surface area contributed by atoms with Crippen molar-refractivity contribution in [3.05, 3.63) is 87.5 Å². The minimum Gasteiger partial charge on any atom is -0.346 e. The zero-order valence-electron chi connectivity index (χ0n) is 14.0. The molecule has 126 valence electrons. The molecule has 1 N–H and O–H groups in total. The summed E-state index contributed by atoms with van der Waals surface area (Å²) in [5, 5.41) is 16.2. The number of benzene rings is 3. The predicted molar refractivity (Wildman–Crippen MR) is 97.7 cm³/mol. The van der Waals surface area contributed by atoms with Gasteiger partial charge in [-0.2, -0.15) is 0 Å². The lowest BCUT2D eigenvalue weighted by atomic mass is 10.0. The van der Waals surface area contributed by atoms with Crippen LogP contribution in [-0.4, -0.2) is 10.8 Å². The minimum atomic E-state index is -0.473. The molecule has 3 rings (SSSR count). The molecule has 0 spiro atoms. The Bertz CT molecular complexity index is 966. The smallest absolute Gasteiger partial charge is 0.273 e. The largest absolute Gasteiger partial charge is 0.346 e. The molecular weight excluding hydrogens is 316 g/mol. The molecule has 1 amide bonds. The number of nitrogens with one attached hydrogen (secondary N) is 1. The van der Waals surface area contributed by atoms with Crippen LogP contribution in [0, 0.1) is 17.0 Å². The summed E-state index contributed by atoms with van der Waals surface area (Å²) in [5.74, 6) is -0.318. The van der Waals surface area contributed by atoms with Gasteiger partial charge >= 0.3 is 0 Å². The number of nitro groups is 1. The van der Waals surface area contributed by atoms with Crippen LogP contribution in [0.2, 0.25) is 0 Å². The summed E-state index contributed by atoms with van der Waals surface area (Å²) in [6.07, 6.45) is 0. The average molecular weight is 334 g/mol. The van der Waals surface area contributed by atoms with Crippen LogP contribution in [0.4, 0.5) is 5.69 Å². The van der Waals surface area contributed by atoms with E-state index in [0.717, 1.165) is 16.3 Å². The number of hydrogen-bond donors (Lipinski definition) is 1. The van der Waals surface area contributed by atoms with Crippen molar-refractivity contribution in [1.29, 1.82) is 0 Å². The van der Waals surface area contributed by atoms with Crippen molar-refractivity contribution < 1.29 is 9.72 Å².